The Morgan fingerprint density at radius 3 is 2.50 bits per heavy atom. The van der Waals surface area contributed by atoms with Gasteiger partial charge >= 0.3 is 5.97 Å². The molecule has 26 heavy (non-hydrogen) atoms. The third kappa shape index (κ3) is 3.81. The van der Waals surface area contributed by atoms with Gasteiger partial charge in [-0.2, -0.15) is 0 Å². The molecule has 1 heterocycles. The van der Waals surface area contributed by atoms with Crippen molar-refractivity contribution in [1.82, 2.24) is 10.3 Å². The van der Waals surface area contributed by atoms with Gasteiger partial charge in [-0.25, -0.2) is 9.78 Å². The predicted octanol–water partition coefficient (Wildman–Crippen LogP) is 3.84. The third-order valence-corrected chi connectivity index (χ3v) is 4.86. The van der Waals surface area contributed by atoms with Crippen LogP contribution < -0.4 is 5.32 Å². The van der Waals surface area contributed by atoms with Crippen LogP contribution in [0.5, 0.6) is 0 Å². The van der Waals surface area contributed by atoms with E-state index in [1.165, 1.54) is 18.4 Å². The molecular formula is C20H18N2O3S. The van der Waals surface area contributed by atoms with Crippen LogP contribution in [-0.2, 0) is 11.3 Å². The summed E-state index contributed by atoms with van der Waals surface area (Å²) in [6.07, 6.45) is 0. The average Bonchev–Trinajstić information content (AvgIpc) is 3.14. The van der Waals surface area contributed by atoms with Crippen LogP contribution in [0.15, 0.2) is 53.9 Å². The van der Waals surface area contributed by atoms with Gasteiger partial charge in [-0.1, -0.05) is 36.4 Å². The molecule has 0 saturated heterocycles. The third-order valence-electron chi connectivity index (χ3n) is 3.93. The van der Waals surface area contributed by atoms with E-state index in [1.54, 1.807) is 24.3 Å². The highest BCUT2D eigenvalue weighted by molar-refractivity contribution is 7.13. The lowest BCUT2D eigenvalue weighted by Crippen LogP contribution is -2.25. The molecule has 2 aromatic carbocycles. The number of ether oxygens (including phenoxy) is 1. The summed E-state index contributed by atoms with van der Waals surface area (Å²) in [5.74, 6) is -0.873. The van der Waals surface area contributed by atoms with E-state index in [0.29, 0.717) is 0 Å². The fourth-order valence-electron chi connectivity index (χ4n) is 2.56. The van der Waals surface area contributed by atoms with Crippen LogP contribution in [0.3, 0.4) is 0 Å². The van der Waals surface area contributed by atoms with Gasteiger partial charge in [0.2, 0.25) is 0 Å². The molecule has 6 heteroatoms. The van der Waals surface area contributed by atoms with E-state index in [4.69, 9.17) is 4.74 Å². The smallest absolute Gasteiger partial charge is 0.338 e. The molecule has 0 aliphatic heterocycles. The quantitative estimate of drug-likeness (QED) is 0.697. The first-order chi connectivity index (χ1) is 12.6. The summed E-state index contributed by atoms with van der Waals surface area (Å²) in [4.78, 5) is 28.8. The van der Waals surface area contributed by atoms with Crippen LogP contribution >= 0.6 is 11.3 Å². The molecule has 5 nitrogen and oxygen atoms in total. The highest BCUT2D eigenvalue weighted by Gasteiger charge is 2.17. The number of nitrogens with zero attached hydrogens (tertiary/aromatic N) is 1. The monoisotopic (exact) mass is 366 g/mol. The summed E-state index contributed by atoms with van der Waals surface area (Å²) in [5, 5.41) is 5.66. The molecule has 0 atom stereocenters. The van der Waals surface area contributed by atoms with Crippen molar-refractivity contribution in [2.75, 3.05) is 7.11 Å². The molecule has 0 spiro atoms. The standard InChI is InChI=1S/C20H18N2O3S/c1-13-7-3-4-8-15(13)19-22-14(12-26-19)11-21-18(23)16-9-5-6-10-17(16)20(24)25-2/h3-10,12H,11H2,1-2H3,(H,21,23). The maximum absolute atomic E-state index is 12.4. The van der Waals surface area contributed by atoms with E-state index in [-0.39, 0.29) is 23.6 Å². The van der Waals surface area contributed by atoms with Gasteiger partial charge in [0, 0.05) is 10.9 Å². The van der Waals surface area contributed by atoms with E-state index in [0.717, 1.165) is 21.8 Å². The first kappa shape index (κ1) is 17.8. The fraction of sp³-hybridized carbons (Fsp3) is 0.150. The van der Waals surface area contributed by atoms with E-state index in [9.17, 15) is 9.59 Å². The number of aryl methyl sites for hydroxylation is 1. The lowest BCUT2D eigenvalue weighted by molar-refractivity contribution is 0.0596. The normalized spacial score (nSPS) is 10.4. The largest absolute Gasteiger partial charge is 0.465 e. The van der Waals surface area contributed by atoms with Crippen LogP contribution in [0.4, 0.5) is 0 Å². The first-order valence-electron chi connectivity index (χ1n) is 8.06. The Labute approximate surface area is 155 Å². The van der Waals surface area contributed by atoms with Crippen molar-refractivity contribution in [3.8, 4) is 10.6 Å². The summed E-state index contributed by atoms with van der Waals surface area (Å²) in [6, 6.07) is 14.6. The van der Waals surface area contributed by atoms with E-state index >= 15 is 0 Å². The Hall–Kier alpha value is -2.99. The maximum Gasteiger partial charge on any atom is 0.338 e. The summed E-state index contributed by atoms with van der Waals surface area (Å²) >= 11 is 1.54. The number of methoxy groups -OCH3 is 1. The average molecular weight is 366 g/mol. The first-order valence-corrected chi connectivity index (χ1v) is 8.94. The van der Waals surface area contributed by atoms with Gasteiger partial charge in [0.05, 0.1) is 30.5 Å². The second-order valence-corrected chi connectivity index (χ2v) is 6.54. The molecule has 0 saturated carbocycles. The molecule has 1 aromatic heterocycles. The minimum atomic E-state index is -0.536. The van der Waals surface area contributed by atoms with Gasteiger partial charge < -0.3 is 10.1 Å². The van der Waals surface area contributed by atoms with Crippen molar-refractivity contribution in [2.24, 2.45) is 0 Å². The molecule has 3 rings (SSSR count). The number of nitrogens with one attached hydrogen (secondary N) is 1. The number of carbonyl (C=O) groups excluding carboxylic acids is 2. The molecule has 1 N–H and O–H groups in total. The lowest BCUT2D eigenvalue weighted by Gasteiger charge is -2.08. The fourth-order valence-corrected chi connectivity index (χ4v) is 3.47. The number of amides is 1. The van der Waals surface area contributed by atoms with Gasteiger partial charge in [0.25, 0.3) is 5.91 Å². The number of carbonyl (C=O) groups is 2. The van der Waals surface area contributed by atoms with Crippen LogP contribution in [0, 0.1) is 6.92 Å². The molecule has 1 amide bonds. The van der Waals surface area contributed by atoms with Gasteiger partial charge in [-0.05, 0) is 24.6 Å². The van der Waals surface area contributed by atoms with Crippen molar-refractivity contribution in [3.05, 3.63) is 76.3 Å². The van der Waals surface area contributed by atoms with Gasteiger partial charge in [-0.3, -0.25) is 4.79 Å². The zero-order valence-corrected chi connectivity index (χ0v) is 15.3. The molecule has 3 aromatic rings. The van der Waals surface area contributed by atoms with E-state index < -0.39 is 5.97 Å². The molecule has 0 radical (unpaired) electrons. The number of hydrogen-bond acceptors (Lipinski definition) is 5. The highest BCUT2D eigenvalue weighted by atomic mass is 32.1. The Bertz CT molecular complexity index is 949. The number of hydrogen-bond donors (Lipinski definition) is 1. The van der Waals surface area contributed by atoms with Gasteiger partial charge in [-0.15, -0.1) is 11.3 Å². The Morgan fingerprint density at radius 2 is 1.77 bits per heavy atom. The second-order valence-electron chi connectivity index (χ2n) is 5.68. The van der Waals surface area contributed by atoms with Gasteiger partial charge in [0.1, 0.15) is 5.01 Å². The summed E-state index contributed by atoms with van der Waals surface area (Å²) < 4.78 is 4.72. The van der Waals surface area contributed by atoms with Crippen LogP contribution in [0.25, 0.3) is 10.6 Å². The number of esters is 1. The topological polar surface area (TPSA) is 68.3 Å². The zero-order valence-electron chi connectivity index (χ0n) is 14.5. The lowest BCUT2D eigenvalue weighted by atomic mass is 10.1. The van der Waals surface area contributed by atoms with Crippen molar-refractivity contribution in [1.29, 1.82) is 0 Å². The molecule has 132 valence electrons. The minimum Gasteiger partial charge on any atom is -0.465 e. The summed E-state index contributed by atoms with van der Waals surface area (Å²) in [6.45, 7) is 2.33. The Balaban J connectivity index is 1.72. The Kier molecular flexibility index (Phi) is 5.43. The maximum atomic E-state index is 12.4. The van der Waals surface area contributed by atoms with Crippen molar-refractivity contribution >= 4 is 23.2 Å². The molecule has 0 bridgehead atoms. The van der Waals surface area contributed by atoms with Crippen molar-refractivity contribution < 1.29 is 14.3 Å². The van der Waals surface area contributed by atoms with E-state index in [1.807, 2.05) is 36.6 Å². The highest BCUT2D eigenvalue weighted by Crippen LogP contribution is 2.26. The molecule has 0 fully saturated rings. The zero-order chi connectivity index (χ0) is 18.5. The van der Waals surface area contributed by atoms with Gasteiger partial charge in [0.15, 0.2) is 0 Å². The summed E-state index contributed by atoms with van der Waals surface area (Å²) in [5.41, 5.74) is 3.55. The predicted molar refractivity (Wildman–Crippen MR) is 101 cm³/mol. The molecule has 0 aliphatic rings. The number of aromatic nitrogens is 1. The van der Waals surface area contributed by atoms with Crippen LogP contribution in [0.1, 0.15) is 32.0 Å². The SMILES string of the molecule is COC(=O)c1ccccc1C(=O)NCc1csc(-c2ccccc2C)n1. The molecule has 0 unspecified atom stereocenters. The minimum absolute atomic E-state index is 0.242. The molecular weight excluding hydrogens is 348 g/mol. The Morgan fingerprint density at radius 1 is 1.08 bits per heavy atom. The summed E-state index contributed by atoms with van der Waals surface area (Å²) in [7, 11) is 1.29. The second kappa shape index (κ2) is 7.93. The molecule has 0 aliphatic carbocycles. The van der Waals surface area contributed by atoms with Crippen molar-refractivity contribution in [2.45, 2.75) is 13.5 Å². The number of benzene rings is 2. The van der Waals surface area contributed by atoms with Crippen LogP contribution in [-0.4, -0.2) is 24.0 Å². The van der Waals surface area contributed by atoms with E-state index in [2.05, 4.69) is 10.3 Å². The van der Waals surface area contributed by atoms with Crippen molar-refractivity contribution in [3.63, 3.8) is 0 Å². The number of thiazole rings is 1. The van der Waals surface area contributed by atoms with Crippen LogP contribution in [0.2, 0.25) is 0 Å². The number of rotatable bonds is 5.